The second-order valence-corrected chi connectivity index (χ2v) is 4.67. The molecule has 0 aromatic rings. The van der Waals surface area contributed by atoms with Gasteiger partial charge in [0.2, 0.25) is 0 Å². The summed E-state index contributed by atoms with van der Waals surface area (Å²) in [6.07, 6.45) is 0.186. The standard InChI is InChI=1S/C7H18N4O3S/c1-6(5-7(8)9)11-15(12,13)10-3-4-14-2/h6,10-11H,3-5H2,1-2H3,(H3,8,9). The first-order chi connectivity index (χ1) is 6.87. The van der Waals surface area contributed by atoms with Gasteiger partial charge < -0.3 is 10.5 Å². The lowest BCUT2D eigenvalue weighted by atomic mass is 10.2. The SMILES string of the molecule is COCCNS(=O)(=O)NC(C)CC(=N)N. The van der Waals surface area contributed by atoms with Crippen LogP contribution in [0, 0.1) is 5.41 Å². The summed E-state index contributed by atoms with van der Waals surface area (Å²) in [6.45, 7) is 2.15. The maximum atomic E-state index is 11.3. The Kier molecular flexibility index (Phi) is 6.41. The Morgan fingerprint density at radius 1 is 1.60 bits per heavy atom. The largest absolute Gasteiger partial charge is 0.388 e. The highest BCUT2D eigenvalue weighted by Crippen LogP contribution is 1.91. The van der Waals surface area contributed by atoms with Crippen molar-refractivity contribution in [1.82, 2.24) is 9.44 Å². The molecule has 0 amide bonds. The molecule has 90 valence electrons. The predicted molar refractivity (Wildman–Crippen MR) is 57.9 cm³/mol. The van der Waals surface area contributed by atoms with E-state index in [1.54, 1.807) is 6.92 Å². The third-order valence-electron chi connectivity index (χ3n) is 1.48. The van der Waals surface area contributed by atoms with E-state index >= 15 is 0 Å². The third kappa shape index (κ3) is 8.30. The number of nitrogens with one attached hydrogen (secondary N) is 3. The summed E-state index contributed by atoms with van der Waals surface area (Å²) >= 11 is 0. The summed E-state index contributed by atoms with van der Waals surface area (Å²) in [5.41, 5.74) is 5.14. The molecule has 0 aliphatic heterocycles. The molecule has 1 atom stereocenters. The number of hydrogen-bond acceptors (Lipinski definition) is 4. The van der Waals surface area contributed by atoms with Crippen molar-refractivity contribution in [2.24, 2.45) is 5.73 Å². The monoisotopic (exact) mass is 238 g/mol. The van der Waals surface area contributed by atoms with Gasteiger partial charge in [0, 0.05) is 26.1 Å². The minimum Gasteiger partial charge on any atom is -0.388 e. The van der Waals surface area contributed by atoms with E-state index in [1.807, 2.05) is 0 Å². The fraction of sp³-hybridized carbons (Fsp3) is 0.857. The van der Waals surface area contributed by atoms with Gasteiger partial charge in [-0.25, -0.2) is 0 Å². The van der Waals surface area contributed by atoms with Gasteiger partial charge in [0.05, 0.1) is 12.4 Å². The molecule has 0 radical (unpaired) electrons. The van der Waals surface area contributed by atoms with Gasteiger partial charge >= 0.3 is 0 Å². The van der Waals surface area contributed by atoms with Crippen molar-refractivity contribution < 1.29 is 13.2 Å². The molecule has 0 heterocycles. The zero-order chi connectivity index (χ0) is 11.9. The lowest BCUT2D eigenvalue weighted by molar-refractivity contribution is 0.204. The van der Waals surface area contributed by atoms with Crippen LogP contribution in [0.2, 0.25) is 0 Å². The van der Waals surface area contributed by atoms with Gasteiger partial charge in [0.15, 0.2) is 0 Å². The van der Waals surface area contributed by atoms with Gasteiger partial charge in [0.25, 0.3) is 10.2 Å². The molecule has 8 heteroatoms. The Bertz CT molecular complexity index is 291. The van der Waals surface area contributed by atoms with Crippen LogP contribution in [-0.4, -0.2) is 40.6 Å². The van der Waals surface area contributed by atoms with Gasteiger partial charge in [-0.15, -0.1) is 0 Å². The number of nitrogens with two attached hydrogens (primary N) is 1. The third-order valence-corrected chi connectivity index (χ3v) is 2.78. The summed E-state index contributed by atoms with van der Waals surface area (Å²) in [5, 5.41) is 7.00. The van der Waals surface area contributed by atoms with E-state index in [-0.39, 0.29) is 18.8 Å². The fourth-order valence-corrected chi connectivity index (χ4v) is 2.00. The highest BCUT2D eigenvalue weighted by molar-refractivity contribution is 7.87. The average Bonchev–Trinajstić information content (AvgIpc) is 2.00. The summed E-state index contributed by atoms with van der Waals surface area (Å²) < 4.78 is 31.9. The number of rotatable bonds is 8. The van der Waals surface area contributed by atoms with Gasteiger partial charge in [-0.3, -0.25) is 5.41 Å². The molecule has 0 aliphatic carbocycles. The Labute approximate surface area is 90.1 Å². The summed E-state index contributed by atoms with van der Waals surface area (Å²) in [7, 11) is -2.04. The molecular formula is C7H18N4O3S. The predicted octanol–water partition coefficient (Wildman–Crippen LogP) is -1.23. The maximum absolute atomic E-state index is 11.3. The molecule has 0 saturated carbocycles. The molecular weight excluding hydrogens is 220 g/mol. The normalized spacial score (nSPS) is 13.7. The summed E-state index contributed by atoms with van der Waals surface area (Å²) in [4.78, 5) is 0. The Balaban J connectivity index is 3.97. The first-order valence-corrected chi connectivity index (χ1v) is 5.94. The van der Waals surface area contributed by atoms with Crippen molar-refractivity contribution in [3.63, 3.8) is 0 Å². The summed E-state index contributed by atoms with van der Waals surface area (Å²) in [5.74, 6) is -0.0536. The van der Waals surface area contributed by atoms with Crippen LogP contribution in [0.15, 0.2) is 0 Å². The number of hydrogen-bond donors (Lipinski definition) is 4. The maximum Gasteiger partial charge on any atom is 0.277 e. The fourth-order valence-electron chi connectivity index (χ4n) is 0.956. The van der Waals surface area contributed by atoms with Crippen LogP contribution in [-0.2, 0) is 14.9 Å². The average molecular weight is 238 g/mol. The van der Waals surface area contributed by atoms with E-state index in [0.717, 1.165) is 0 Å². The molecule has 0 spiro atoms. The van der Waals surface area contributed by atoms with E-state index in [1.165, 1.54) is 7.11 Å². The van der Waals surface area contributed by atoms with E-state index in [0.29, 0.717) is 6.61 Å². The summed E-state index contributed by atoms with van der Waals surface area (Å²) in [6, 6.07) is -0.400. The smallest absolute Gasteiger partial charge is 0.277 e. The van der Waals surface area contributed by atoms with E-state index in [4.69, 9.17) is 15.9 Å². The molecule has 0 rings (SSSR count). The number of ether oxygens (including phenoxy) is 1. The first-order valence-electron chi connectivity index (χ1n) is 4.46. The second kappa shape index (κ2) is 6.72. The van der Waals surface area contributed by atoms with Crippen molar-refractivity contribution >= 4 is 16.0 Å². The molecule has 0 aliphatic rings. The van der Waals surface area contributed by atoms with Crippen LogP contribution in [0.3, 0.4) is 0 Å². The number of methoxy groups -OCH3 is 1. The van der Waals surface area contributed by atoms with E-state index in [2.05, 4.69) is 9.44 Å². The van der Waals surface area contributed by atoms with Crippen LogP contribution >= 0.6 is 0 Å². The second-order valence-electron chi connectivity index (χ2n) is 3.14. The quantitative estimate of drug-likeness (QED) is 0.240. The van der Waals surface area contributed by atoms with Crippen molar-refractivity contribution in [3.05, 3.63) is 0 Å². The topological polar surface area (TPSA) is 117 Å². The lowest BCUT2D eigenvalue weighted by Gasteiger charge is -2.13. The van der Waals surface area contributed by atoms with Crippen molar-refractivity contribution in [2.45, 2.75) is 19.4 Å². The van der Waals surface area contributed by atoms with Crippen LogP contribution in [0.4, 0.5) is 0 Å². The van der Waals surface area contributed by atoms with E-state index < -0.39 is 16.3 Å². The van der Waals surface area contributed by atoms with Crippen LogP contribution in [0.25, 0.3) is 0 Å². The first kappa shape index (κ1) is 14.3. The molecule has 1 unspecified atom stereocenters. The molecule has 5 N–H and O–H groups in total. The Morgan fingerprint density at radius 2 is 2.20 bits per heavy atom. The Morgan fingerprint density at radius 3 is 2.67 bits per heavy atom. The van der Waals surface area contributed by atoms with Crippen LogP contribution in [0.5, 0.6) is 0 Å². The van der Waals surface area contributed by atoms with Crippen molar-refractivity contribution in [3.8, 4) is 0 Å². The lowest BCUT2D eigenvalue weighted by Crippen LogP contribution is -2.43. The van der Waals surface area contributed by atoms with Crippen molar-refractivity contribution in [1.29, 1.82) is 5.41 Å². The molecule has 0 fully saturated rings. The number of amidine groups is 1. The highest BCUT2D eigenvalue weighted by Gasteiger charge is 2.13. The van der Waals surface area contributed by atoms with Gasteiger partial charge in [-0.05, 0) is 6.92 Å². The molecule has 0 saturated heterocycles. The zero-order valence-electron chi connectivity index (χ0n) is 8.91. The van der Waals surface area contributed by atoms with E-state index in [9.17, 15) is 8.42 Å². The van der Waals surface area contributed by atoms with Gasteiger partial charge in [-0.2, -0.15) is 17.9 Å². The Hall–Kier alpha value is -0.700. The minimum atomic E-state index is -3.53. The molecule has 0 aromatic heterocycles. The highest BCUT2D eigenvalue weighted by atomic mass is 32.2. The zero-order valence-corrected chi connectivity index (χ0v) is 9.73. The molecule has 0 bridgehead atoms. The van der Waals surface area contributed by atoms with Crippen LogP contribution < -0.4 is 15.2 Å². The van der Waals surface area contributed by atoms with Crippen molar-refractivity contribution in [2.75, 3.05) is 20.3 Å². The van der Waals surface area contributed by atoms with Crippen LogP contribution in [0.1, 0.15) is 13.3 Å². The molecule has 7 nitrogen and oxygen atoms in total. The molecule has 15 heavy (non-hydrogen) atoms. The molecule has 0 aromatic carbocycles. The van der Waals surface area contributed by atoms with Gasteiger partial charge in [-0.1, -0.05) is 0 Å². The van der Waals surface area contributed by atoms with Gasteiger partial charge in [0.1, 0.15) is 0 Å². The minimum absolute atomic E-state index is 0.0536.